The van der Waals surface area contributed by atoms with Crippen molar-refractivity contribution in [3.05, 3.63) is 95.2 Å². The van der Waals surface area contributed by atoms with Gasteiger partial charge in [-0.25, -0.2) is 4.98 Å². The summed E-state index contributed by atoms with van der Waals surface area (Å²) < 4.78 is 12.3. The number of carbonyl (C=O) groups is 1. The molecule has 5 rings (SSSR count). The molecule has 0 fully saturated rings. The normalized spacial score (nSPS) is 13.8. The number of fused-ring (bicyclic) bond motifs is 2. The quantitative estimate of drug-likeness (QED) is 0.210. The predicted molar refractivity (Wildman–Crippen MR) is 153 cm³/mol. The van der Waals surface area contributed by atoms with Gasteiger partial charge in [0.05, 0.1) is 16.6 Å². The van der Waals surface area contributed by atoms with Crippen LogP contribution in [0.3, 0.4) is 0 Å². The van der Waals surface area contributed by atoms with Crippen molar-refractivity contribution < 1.29 is 14.3 Å². The molecule has 0 radical (unpaired) electrons. The Morgan fingerprint density at radius 3 is 2.55 bits per heavy atom. The summed E-state index contributed by atoms with van der Waals surface area (Å²) in [6.45, 7) is 7.04. The number of pyridine rings is 1. The van der Waals surface area contributed by atoms with E-state index in [0.29, 0.717) is 13.2 Å². The third-order valence-corrected chi connectivity index (χ3v) is 7.28. The van der Waals surface area contributed by atoms with Crippen LogP contribution in [0.25, 0.3) is 10.9 Å². The molecular weight excluding hydrogens is 472 g/mol. The number of aryl methyl sites for hydroxylation is 1. The van der Waals surface area contributed by atoms with Crippen LogP contribution < -0.4 is 14.8 Å². The Balaban J connectivity index is 1.26. The van der Waals surface area contributed by atoms with Crippen molar-refractivity contribution >= 4 is 22.5 Å². The fourth-order valence-electron chi connectivity index (χ4n) is 5.16. The SMILES string of the molecule is CCCCCCc1cc(OCc2cccc(OCc3ccc4ccccc4n3)c2)cc2c1C(C)(C)C(=O)N2. The van der Waals surface area contributed by atoms with Gasteiger partial charge in [-0.1, -0.05) is 62.6 Å². The van der Waals surface area contributed by atoms with E-state index in [-0.39, 0.29) is 5.91 Å². The zero-order chi connectivity index (χ0) is 26.5. The third-order valence-electron chi connectivity index (χ3n) is 7.28. The monoisotopic (exact) mass is 508 g/mol. The van der Waals surface area contributed by atoms with Gasteiger partial charge in [-0.05, 0) is 73.7 Å². The predicted octanol–water partition coefficient (Wildman–Crippen LogP) is 7.75. The first-order valence-corrected chi connectivity index (χ1v) is 13.6. The van der Waals surface area contributed by atoms with Crippen molar-refractivity contribution in [1.82, 2.24) is 4.98 Å². The Bertz CT molecular complexity index is 1440. The van der Waals surface area contributed by atoms with Gasteiger partial charge in [0.2, 0.25) is 5.91 Å². The molecule has 0 saturated heterocycles. The first-order valence-electron chi connectivity index (χ1n) is 13.6. The number of nitrogens with one attached hydrogen (secondary N) is 1. The number of para-hydroxylation sites is 1. The Hall–Kier alpha value is -3.86. The van der Waals surface area contributed by atoms with Crippen molar-refractivity contribution in [2.75, 3.05) is 5.32 Å². The second kappa shape index (κ2) is 11.3. The molecule has 38 heavy (non-hydrogen) atoms. The molecule has 3 aromatic carbocycles. The van der Waals surface area contributed by atoms with E-state index in [1.165, 1.54) is 24.8 Å². The molecule has 0 spiro atoms. The second-order valence-corrected chi connectivity index (χ2v) is 10.6. The highest BCUT2D eigenvalue weighted by atomic mass is 16.5. The minimum atomic E-state index is -0.528. The van der Waals surface area contributed by atoms with Crippen LogP contribution in [-0.4, -0.2) is 10.9 Å². The number of rotatable bonds is 11. The number of ether oxygens (including phenoxy) is 2. The molecule has 1 aliphatic rings. The van der Waals surface area contributed by atoms with E-state index in [0.717, 1.165) is 57.8 Å². The van der Waals surface area contributed by atoms with Gasteiger partial charge in [0.15, 0.2) is 0 Å². The molecule has 5 heteroatoms. The Morgan fingerprint density at radius 2 is 1.68 bits per heavy atom. The molecule has 1 amide bonds. The molecule has 1 aromatic heterocycles. The van der Waals surface area contributed by atoms with Gasteiger partial charge in [0, 0.05) is 17.1 Å². The number of benzene rings is 3. The van der Waals surface area contributed by atoms with Gasteiger partial charge >= 0.3 is 0 Å². The number of nitrogens with zero attached hydrogens (tertiary/aromatic N) is 1. The number of unbranched alkanes of at least 4 members (excludes halogenated alkanes) is 3. The van der Waals surface area contributed by atoms with Crippen LogP contribution in [0.4, 0.5) is 5.69 Å². The number of anilines is 1. The lowest BCUT2D eigenvalue weighted by Crippen LogP contribution is -2.27. The average Bonchev–Trinajstić information content (AvgIpc) is 3.16. The summed E-state index contributed by atoms with van der Waals surface area (Å²) in [4.78, 5) is 17.4. The first kappa shape index (κ1) is 25.8. The van der Waals surface area contributed by atoms with Crippen molar-refractivity contribution in [3.8, 4) is 11.5 Å². The van der Waals surface area contributed by atoms with E-state index < -0.39 is 5.41 Å². The van der Waals surface area contributed by atoms with Gasteiger partial charge in [-0.3, -0.25) is 4.79 Å². The summed E-state index contributed by atoms with van der Waals surface area (Å²) in [5.74, 6) is 1.60. The van der Waals surface area contributed by atoms with Crippen molar-refractivity contribution in [2.45, 2.75) is 71.5 Å². The Kier molecular flexibility index (Phi) is 7.64. The van der Waals surface area contributed by atoms with Gasteiger partial charge in [0.25, 0.3) is 0 Å². The number of hydrogen-bond donors (Lipinski definition) is 1. The molecule has 5 nitrogen and oxygen atoms in total. The summed E-state index contributed by atoms with van der Waals surface area (Å²) in [6, 6.07) is 24.2. The summed E-state index contributed by atoms with van der Waals surface area (Å²) in [5.41, 5.74) is 5.54. The van der Waals surface area contributed by atoms with E-state index >= 15 is 0 Å². The van der Waals surface area contributed by atoms with Gasteiger partial charge in [-0.2, -0.15) is 0 Å². The smallest absolute Gasteiger partial charge is 0.234 e. The molecule has 2 heterocycles. The maximum Gasteiger partial charge on any atom is 0.234 e. The maximum atomic E-state index is 12.7. The standard InChI is InChI=1S/C33H36N2O3/c1-4-5-6-7-13-25-19-28(20-30-31(25)33(2,3)32(36)35-30)37-21-23-11-10-14-27(18-23)38-22-26-17-16-24-12-8-9-15-29(24)34-26/h8-12,14-20H,4-7,13,21-22H2,1-3H3,(H,35,36). The molecule has 0 unspecified atom stereocenters. The summed E-state index contributed by atoms with van der Waals surface area (Å²) >= 11 is 0. The van der Waals surface area contributed by atoms with Crippen LogP contribution in [0.15, 0.2) is 72.8 Å². The minimum Gasteiger partial charge on any atom is -0.489 e. The highest BCUT2D eigenvalue weighted by Crippen LogP contribution is 2.42. The summed E-state index contributed by atoms with van der Waals surface area (Å²) in [7, 11) is 0. The summed E-state index contributed by atoms with van der Waals surface area (Å²) in [6.07, 6.45) is 5.69. The molecule has 0 atom stereocenters. The number of amides is 1. The fourth-order valence-corrected chi connectivity index (χ4v) is 5.16. The number of carbonyl (C=O) groups excluding carboxylic acids is 1. The second-order valence-electron chi connectivity index (χ2n) is 10.6. The molecule has 0 aliphatic carbocycles. The van der Waals surface area contributed by atoms with E-state index in [4.69, 9.17) is 14.5 Å². The van der Waals surface area contributed by atoms with Gasteiger partial charge in [-0.15, -0.1) is 0 Å². The van der Waals surface area contributed by atoms with Gasteiger partial charge < -0.3 is 14.8 Å². The third kappa shape index (κ3) is 5.67. The lowest BCUT2D eigenvalue weighted by atomic mass is 9.81. The number of aromatic nitrogens is 1. The van der Waals surface area contributed by atoms with E-state index in [1.807, 2.05) is 68.4 Å². The molecule has 196 valence electrons. The van der Waals surface area contributed by atoms with E-state index in [9.17, 15) is 4.79 Å². The zero-order valence-electron chi connectivity index (χ0n) is 22.5. The lowest BCUT2D eigenvalue weighted by Gasteiger charge is -2.20. The topological polar surface area (TPSA) is 60.5 Å². The minimum absolute atomic E-state index is 0.0465. The summed E-state index contributed by atoms with van der Waals surface area (Å²) in [5, 5.41) is 4.20. The average molecular weight is 509 g/mol. The molecule has 0 bridgehead atoms. The van der Waals surface area contributed by atoms with Crippen molar-refractivity contribution in [2.24, 2.45) is 0 Å². The Morgan fingerprint density at radius 1 is 0.842 bits per heavy atom. The highest BCUT2D eigenvalue weighted by Gasteiger charge is 2.40. The van der Waals surface area contributed by atoms with E-state index in [2.05, 4.69) is 30.4 Å². The molecule has 4 aromatic rings. The van der Waals surface area contributed by atoms with Crippen molar-refractivity contribution in [1.29, 1.82) is 0 Å². The van der Waals surface area contributed by atoms with Crippen LogP contribution in [-0.2, 0) is 29.8 Å². The van der Waals surface area contributed by atoms with Gasteiger partial charge in [0.1, 0.15) is 24.7 Å². The Labute approximate surface area is 225 Å². The first-order chi connectivity index (χ1) is 18.4. The van der Waals surface area contributed by atoms with Crippen LogP contribution >= 0.6 is 0 Å². The van der Waals surface area contributed by atoms with Crippen molar-refractivity contribution in [3.63, 3.8) is 0 Å². The van der Waals surface area contributed by atoms with E-state index in [1.54, 1.807) is 0 Å². The molecule has 1 N–H and O–H groups in total. The largest absolute Gasteiger partial charge is 0.489 e. The number of hydrogen-bond acceptors (Lipinski definition) is 4. The lowest BCUT2D eigenvalue weighted by molar-refractivity contribution is -0.119. The fraction of sp³-hybridized carbons (Fsp3) is 0.333. The molecule has 0 saturated carbocycles. The van der Waals surface area contributed by atoms with Crippen LogP contribution in [0, 0.1) is 0 Å². The zero-order valence-corrected chi connectivity index (χ0v) is 22.5. The van der Waals surface area contributed by atoms with Crippen LogP contribution in [0.5, 0.6) is 11.5 Å². The maximum absolute atomic E-state index is 12.7. The van der Waals surface area contributed by atoms with Crippen LogP contribution in [0.1, 0.15) is 68.8 Å². The highest BCUT2D eigenvalue weighted by molar-refractivity contribution is 6.06. The molecule has 1 aliphatic heterocycles. The van der Waals surface area contributed by atoms with Crippen LogP contribution in [0.2, 0.25) is 0 Å². The molecular formula is C33H36N2O3.